The molecule has 0 bridgehead atoms. The van der Waals surface area contributed by atoms with Crippen LogP contribution in [-0.2, 0) is 26.2 Å². The highest BCUT2D eigenvalue weighted by Crippen LogP contribution is 2.37. The van der Waals surface area contributed by atoms with Gasteiger partial charge in [-0.05, 0) is 73.3 Å². The van der Waals surface area contributed by atoms with E-state index in [1.54, 1.807) is 24.3 Å². The molecular weight excluding hydrogens is 510 g/mol. The summed E-state index contributed by atoms with van der Waals surface area (Å²) in [6.07, 6.45) is 6.93. The van der Waals surface area contributed by atoms with Crippen LogP contribution in [0.5, 0.6) is 0 Å². The zero-order valence-corrected chi connectivity index (χ0v) is 23.1. The second-order valence-corrected chi connectivity index (χ2v) is 12.0. The van der Waals surface area contributed by atoms with E-state index in [2.05, 4.69) is 41.1 Å². The number of benzene rings is 3. The van der Waals surface area contributed by atoms with Gasteiger partial charge in [0.2, 0.25) is 10.0 Å². The number of hydrogen-bond acceptors (Lipinski definition) is 4. The van der Waals surface area contributed by atoms with E-state index in [0.29, 0.717) is 26.0 Å². The Morgan fingerprint density at radius 2 is 1.64 bits per heavy atom. The number of nitrogens with one attached hydrogen (secondary N) is 1. The first kappa shape index (κ1) is 28.7. The Morgan fingerprint density at radius 1 is 0.949 bits per heavy atom. The number of rotatable bonds is 13. The molecule has 0 spiro atoms. The number of sulfonamides is 1. The summed E-state index contributed by atoms with van der Waals surface area (Å²) in [4.78, 5) is 11.1. The minimum atomic E-state index is -3.60. The molecule has 2 N–H and O–H groups in total. The fourth-order valence-electron chi connectivity index (χ4n) is 5.14. The lowest BCUT2D eigenvalue weighted by Gasteiger charge is -2.24. The number of aryl methyl sites for hydroxylation is 1. The van der Waals surface area contributed by atoms with Crippen LogP contribution in [0.1, 0.15) is 43.2 Å². The molecule has 6 nitrogen and oxygen atoms in total. The maximum Gasteiger partial charge on any atom is 0.303 e. The predicted octanol–water partition coefficient (Wildman–Crippen LogP) is 6.36. The van der Waals surface area contributed by atoms with Crippen molar-refractivity contribution < 1.29 is 23.1 Å². The first-order valence-electron chi connectivity index (χ1n) is 13.5. The summed E-state index contributed by atoms with van der Waals surface area (Å²) in [5.41, 5.74) is 4.43. The lowest BCUT2D eigenvalue weighted by molar-refractivity contribution is -0.136. The van der Waals surface area contributed by atoms with Crippen LogP contribution in [0.4, 0.5) is 0 Å². The molecule has 1 aliphatic rings. The van der Waals surface area contributed by atoms with Gasteiger partial charge in [0.15, 0.2) is 0 Å². The van der Waals surface area contributed by atoms with Crippen molar-refractivity contribution >= 4 is 16.0 Å². The zero-order valence-electron chi connectivity index (χ0n) is 22.3. The van der Waals surface area contributed by atoms with E-state index < -0.39 is 16.0 Å². The lowest BCUT2D eigenvalue weighted by atomic mass is 9.91. The first-order valence-corrected chi connectivity index (χ1v) is 15.0. The molecule has 0 radical (unpaired) electrons. The van der Waals surface area contributed by atoms with Crippen molar-refractivity contribution in [1.82, 2.24) is 4.72 Å². The molecule has 0 heterocycles. The van der Waals surface area contributed by atoms with E-state index in [9.17, 15) is 13.2 Å². The number of carboxylic acid groups (broad SMARTS) is 1. The molecular formula is C32H37NO5S. The van der Waals surface area contributed by atoms with Crippen LogP contribution in [0.3, 0.4) is 0 Å². The van der Waals surface area contributed by atoms with Crippen LogP contribution in [0.25, 0.3) is 11.1 Å². The monoisotopic (exact) mass is 547 g/mol. The lowest BCUT2D eigenvalue weighted by Crippen LogP contribution is -2.33. The van der Waals surface area contributed by atoms with E-state index in [4.69, 9.17) is 9.84 Å². The maximum absolute atomic E-state index is 12.9. The molecule has 0 saturated heterocycles. The Kier molecular flexibility index (Phi) is 10.1. The Balaban J connectivity index is 1.38. The molecule has 0 unspecified atom stereocenters. The van der Waals surface area contributed by atoms with Crippen molar-refractivity contribution in [1.29, 1.82) is 0 Å². The normalized spacial score (nSPS) is 19.5. The van der Waals surface area contributed by atoms with Gasteiger partial charge in [0.05, 0.1) is 17.6 Å². The number of carbonyl (C=O) groups is 1. The van der Waals surface area contributed by atoms with E-state index in [1.165, 1.54) is 5.56 Å². The van der Waals surface area contributed by atoms with E-state index >= 15 is 0 Å². The van der Waals surface area contributed by atoms with Gasteiger partial charge in [-0.1, -0.05) is 84.4 Å². The smallest absolute Gasteiger partial charge is 0.303 e. The second-order valence-electron chi connectivity index (χ2n) is 10.2. The van der Waals surface area contributed by atoms with Gasteiger partial charge in [-0.25, -0.2) is 13.1 Å². The molecule has 39 heavy (non-hydrogen) atoms. The zero-order chi connectivity index (χ0) is 27.7. The summed E-state index contributed by atoms with van der Waals surface area (Å²) in [5, 5.41) is 8.90. The van der Waals surface area contributed by atoms with Crippen LogP contribution in [-0.4, -0.2) is 32.1 Å². The third-order valence-corrected chi connectivity index (χ3v) is 8.84. The minimum Gasteiger partial charge on any atom is -0.481 e. The predicted molar refractivity (Wildman–Crippen MR) is 154 cm³/mol. The summed E-state index contributed by atoms with van der Waals surface area (Å²) >= 11 is 0. The highest BCUT2D eigenvalue weighted by atomic mass is 32.2. The number of hydrogen-bond donors (Lipinski definition) is 2. The van der Waals surface area contributed by atoms with Crippen molar-refractivity contribution in [3.8, 4) is 11.1 Å². The van der Waals surface area contributed by atoms with Crippen LogP contribution < -0.4 is 4.72 Å². The molecule has 3 atom stereocenters. The molecule has 1 aliphatic carbocycles. The fourth-order valence-corrected chi connectivity index (χ4v) is 6.23. The largest absolute Gasteiger partial charge is 0.481 e. The Hall–Kier alpha value is -3.26. The van der Waals surface area contributed by atoms with Gasteiger partial charge < -0.3 is 9.84 Å². The number of allylic oxidation sites excluding steroid dienone is 2. The molecule has 0 aliphatic heterocycles. The minimum absolute atomic E-state index is 0.00296. The third-order valence-electron chi connectivity index (χ3n) is 7.40. The summed E-state index contributed by atoms with van der Waals surface area (Å²) in [7, 11) is -3.60. The van der Waals surface area contributed by atoms with Gasteiger partial charge in [0.1, 0.15) is 0 Å². The van der Waals surface area contributed by atoms with E-state index in [0.717, 1.165) is 29.5 Å². The molecule has 206 valence electrons. The number of carboxylic acids is 1. The average molecular weight is 548 g/mol. The quantitative estimate of drug-likeness (QED) is 0.243. The number of aliphatic carboxylic acids is 1. The Bertz CT molecular complexity index is 1340. The highest BCUT2D eigenvalue weighted by Gasteiger charge is 2.36. The summed E-state index contributed by atoms with van der Waals surface area (Å²) in [6, 6.07) is 25.5. The van der Waals surface area contributed by atoms with Crippen molar-refractivity contribution in [2.24, 2.45) is 11.8 Å². The summed E-state index contributed by atoms with van der Waals surface area (Å²) in [5.74, 6) is -0.557. The van der Waals surface area contributed by atoms with E-state index in [-0.39, 0.29) is 29.3 Å². The first-order chi connectivity index (χ1) is 18.8. The standard InChI is InChI=1S/C32H37NO5S/c1-24-12-19-29(20-13-24)39(36,37)33-22-28-18-21-31(30(28)10-6-3-7-11-32(34)35)38-23-25-14-16-27(17-15-25)26-8-4-2-5-9-26/h2-6,8-9,12-17,19-20,28,30-31,33H,7,10-11,18,21-23H2,1H3,(H,34,35)/b6-3-/t28-,30-,31+/m1/s1. The van der Waals surface area contributed by atoms with Crippen molar-refractivity contribution in [3.63, 3.8) is 0 Å². The SMILES string of the molecule is Cc1ccc(S(=O)(=O)NC[C@H]2CC[C@H](OCc3ccc(-c4ccccc4)cc3)[C@@H]2C/C=C\CCC(=O)O)cc1. The van der Waals surface area contributed by atoms with Gasteiger partial charge in [0, 0.05) is 13.0 Å². The highest BCUT2D eigenvalue weighted by molar-refractivity contribution is 7.89. The Morgan fingerprint density at radius 3 is 2.33 bits per heavy atom. The maximum atomic E-state index is 12.9. The molecule has 3 aromatic carbocycles. The van der Waals surface area contributed by atoms with Gasteiger partial charge in [-0.3, -0.25) is 4.79 Å². The summed E-state index contributed by atoms with van der Waals surface area (Å²) in [6.45, 7) is 2.75. The van der Waals surface area contributed by atoms with E-state index in [1.807, 2.05) is 37.3 Å². The molecule has 4 rings (SSSR count). The van der Waals surface area contributed by atoms with Crippen LogP contribution in [0.15, 0.2) is 95.9 Å². The van der Waals surface area contributed by atoms with Crippen molar-refractivity contribution in [3.05, 3.63) is 102 Å². The number of ether oxygens (including phenoxy) is 1. The van der Waals surface area contributed by atoms with Gasteiger partial charge in [-0.2, -0.15) is 0 Å². The third kappa shape index (κ3) is 8.36. The van der Waals surface area contributed by atoms with Crippen LogP contribution in [0, 0.1) is 18.8 Å². The van der Waals surface area contributed by atoms with Crippen molar-refractivity contribution in [2.45, 2.75) is 56.6 Å². The molecule has 1 saturated carbocycles. The fraction of sp³-hybridized carbons (Fsp3) is 0.344. The second kappa shape index (κ2) is 13.7. The molecule has 1 fully saturated rings. The average Bonchev–Trinajstić information content (AvgIpc) is 3.33. The summed E-state index contributed by atoms with van der Waals surface area (Å²) < 4.78 is 35.0. The van der Waals surface area contributed by atoms with Crippen LogP contribution >= 0.6 is 0 Å². The van der Waals surface area contributed by atoms with Gasteiger partial charge >= 0.3 is 5.97 Å². The molecule has 7 heteroatoms. The van der Waals surface area contributed by atoms with Gasteiger partial charge in [-0.15, -0.1) is 0 Å². The Labute approximate surface area is 231 Å². The molecule has 0 amide bonds. The van der Waals surface area contributed by atoms with Crippen molar-refractivity contribution in [2.75, 3.05) is 6.54 Å². The van der Waals surface area contributed by atoms with Gasteiger partial charge in [0.25, 0.3) is 0 Å². The molecule has 0 aromatic heterocycles. The molecule has 3 aromatic rings. The topological polar surface area (TPSA) is 92.7 Å². The van der Waals surface area contributed by atoms with Crippen LogP contribution in [0.2, 0.25) is 0 Å².